The summed E-state index contributed by atoms with van der Waals surface area (Å²) >= 11 is 7.43. The molecule has 4 rings (SSSR count). The van der Waals surface area contributed by atoms with Crippen molar-refractivity contribution in [1.29, 1.82) is 5.26 Å². The number of anilines is 1. The molecule has 9 heteroatoms. The predicted octanol–water partition coefficient (Wildman–Crippen LogP) is 5.03. The highest BCUT2D eigenvalue weighted by atomic mass is 35.5. The molecule has 0 aliphatic heterocycles. The van der Waals surface area contributed by atoms with Crippen LogP contribution in [0.2, 0.25) is 5.02 Å². The van der Waals surface area contributed by atoms with Crippen LogP contribution >= 0.6 is 22.9 Å². The molecule has 2 heterocycles. The molecule has 1 N–H and O–H groups in total. The zero-order chi connectivity index (χ0) is 20.4. The van der Waals surface area contributed by atoms with Gasteiger partial charge in [-0.25, -0.2) is 9.19 Å². The smallest absolute Gasteiger partial charge is 0.194 e. The Labute approximate surface area is 178 Å². The van der Waals surface area contributed by atoms with E-state index < -0.39 is 11.0 Å². The SMILES string of the molecule is COc1cc(Cl)ccc1-c1ncc(C#N)c2cc(S(=O)Nc3nccs3)ccc12. The maximum Gasteiger partial charge on any atom is 0.194 e. The van der Waals surface area contributed by atoms with Crippen LogP contribution in [0, 0.1) is 11.3 Å². The standard InChI is InChI=1S/C20H13ClN4O2S2/c1-27-18-8-13(21)2-4-16(18)19-15-5-3-14(9-17(15)12(10-22)11-24-19)29(26)25-20-23-6-7-28-20/h2-9,11H,1H3,(H,23,25). The minimum absolute atomic E-state index is 0.393. The van der Waals surface area contributed by atoms with E-state index >= 15 is 0 Å². The second kappa shape index (κ2) is 8.17. The maximum absolute atomic E-state index is 12.7. The van der Waals surface area contributed by atoms with Crippen molar-refractivity contribution in [2.45, 2.75) is 4.90 Å². The van der Waals surface area contributed by atoms with Gasteiger partial charge in [0.15, 0.2) is 16.1 Å². The lowest BCUT2D eigenvalue weighted by Gasteiger charge is -2.12. The number of nitrogens with one attached hydrogen (secondary N) is 1. The number of hydrogen-bond acceptors (Lipinski definition) is 6. The van der Waals surface area contributed by atoms with Crippen molar-refractivity contribution in [2.24, 2.45) is 0 Å². The van der Waals surface area contributed by atoms with Crippen molar-refractivity contribution in [3.05, 3.63) is 64.8 Å². The van der Waals surface area contributed by atoms with Gasteiger partial charge in [0, 0.05) is 39.1 Å². The third kappa shape index (κ3) is 3.80. The molecule has 0 radical (unpaired) electrons. The summed E-state index contributed by atoms with van der Waals surface area (Å²) in [6.07, 6.45) is 3.14. The minimum atomic E-state index is -1.51. The van der Waals surface area contributed by atoms with Crippen LogP contribution in [0.4, 0.5) is 5.13 Å². The van der Waals surface area contributed by atoms with Gasteiger partial charge < -0.3 is 4.74 Å². The van der Waals surface area contributed by atoms with Crippen LogP contribution in [-0.4, -0.2) is 21.3 Å². The number of benzene rings is 2. The second-order valence-electron chi connectivity index (χ2n) is 5.89. The number of rotatable bonds is 5. The molecular weight excluding hydrogens is 428 g/mol. The minimum Gasteiger partial charge on any atom is -0.496 e. The molecule has 6 nitrogen and oxygen atoms in total. The monoisotopic (exact) mass is 440 g/mol. The Hall–Kier alpha value is -2.99. The van der Waals surface area contributed by atoms with E-state index in [2.05, 4.69) is 20.8 Å². The molecule has 0 saturated heterocycles. The Balaban J connectivity index is 1.85. The molecular formula is C20H13ClN4O2S2. The molecule has 0 spiro atoms. The molecule has 144 valence electrons. The van der Waals surface area contributed by atoms with Gasteiger partial charge in [0.25, 0.3) is 0 Å². The molecule has 0 fully saturated rings. The normalized spacial score (nSPS) is 11.8. The zero-order valence-electron chi connectivity index (χ0n) is 15.0. The first-order chi connectivity index (χ1) is 14.1. The van der Waals surface area contributed by atoms with E-state index in [0.29, 0.717) is 37.4 Å². The number of nitriles is 1. The number of hydrogen-bond donors (Lipinski definition) is 1. The number of halogens is 1. The molecule has 1 unspecified atom stereocenters. The third-order valence-corrected chi connectivity index (χ3v) is 6.34. The van der Waals surface area contributed by atoms with Crippen molar-refractivity contribution >= 4 is 49.8 Å². The molecule has 29 heavy (non-hydrogen) atoms. The van der Waals surface area contributed by atoms with Gasteiger partial charge in [-0.05, 0) is 30.3 Å². The fourth-order valence-corrected chi connectivity index (χ4v) is 4.61. The summed E-state index contributed by atoms with van der Waals surface area (Å²) in [5, 5.41) is 13.9. The van der Waals surface area contributed by atoms with Crippen LogP contribution in [-0.2, 0) is 11.0 Å². The van der Waals surface area contributed by atoms with Crippen molar-refractivity contribution in [3.8, 4) is 23.1 Å². The number of ether oxygens (including phenoxy) is 1. The molecule has 0 aliphatic rings. The summed E-state index contributed by atoms with van der Waals surface area (Å²) in [5.41, 5.74) is 1.80. The van der Waals surface area contributed by atoms with Crippen molar-refractivity contribution in [1.82, 2.24) is 9.97 Å². The fourth-order valence-electron chi connectivity index (χ4n) is 2.91. The van der Waals surface area contributed by atoms with E-state index in [-0.39, 0.29) is 0 Å². The Morgan fingerprint density at radius 1 is 1.21 bits per heavy atom. The van der Waals surface area contributed by atoms with Gasteiger partial charge in [-0.2, -0.15) is 5.26 Å². The Morgan fingerprint density at radius 2 is 2.07 bits per heavy atom. The first-order valence-electron chi connectivity index (χ1n) is 8.35. The number of fused-ring (bicyclic) bond motifs is 1. The zero-order valence-corrected chi connectivity index (χ0v) is 17.4. The van der Waals surface area contributed by atoms with E-state index in [9.17, 15) is 9.47 Å². The van der Waals surface area contributed by atoms with Gasteiger partial charge in [-0.15, -0.1) is 11.3 Å². The number of methoxy groups -OCH3 is 1. The molecule has 0 aliphatic carbocycles. The topological polar surface area (TPSA) is 87.9 Å². The van der Waals surface area contributed by atoms with Crippen molar-refractivity contribution in [2.75, 3.05) is 11.8 Å². The van der Waals surface area contributed by atoms with Crippen LogP contribution in [0.3, 0.4) is 0 Å². The lowest BCUT2D eigenvalue weighted by molar-refractivity contribution is 0.416. The third-order valence-electron chi connectivity index (χ3n) is 4.22. The fraction of sp³-hybridized carbons (Fsp3) is 0.0500. The summed E-state index contributed by atoms with van der Waals surface area (Å²) in [6, 6.07) is 12.7. The highest BCUT2D eigenvalue weighted by Gasteiger charge is 2.16. The predicted molar refractivity (Wildman–Crippen MR) is 116 cm³/mol. The number of aromatic nitrogens is 2. The summed E-state index contributed by atoms with van der Waals surface area (Å²) in [6.45, 7) is 0. The molecule has 1 atom stereocenters. The Morgan fingerprint density at radius 3 is 2.79 bits per heavy atom. The molecule has 0 bridgehead atoms. The highest BCUT2D eigenvalue weighted by Crippen LogP contribution is 2.36. The maximum atomic E-state index is 12.7. The van der Waals surface area contributed by atoms with Crippen LogP contribution in [0.5, 0.6) is 5.75 Å². The van der Waals surface area contributed by atoms with E-state index in [1.165, 1.54) is 17.5 Å². The van der Waals surface area contributed by atoms with E-state index in [0.717, 1.165) is 10.9 Å². The van der Waals surface area contributed by atoms with Crippen LogP contribution in [0.25, 0.3) is 22.0 Å². The summed E-state index contributed by atoms with van der Waals surface area (Å²) < 4.78 is 21.0. The van der Waals surface area contributed by atoms with Gasteiger partial charge in [0.1, 0.15) is 11.8 Å². The lowest BCUT2D eigenvalue weighted by atomic mass is 10.0. The van der Waals surface area contributed by atoms with Crippen molar-refractivity contribution < 1.29 is 8.95 Å². The summed E-state index contributed by atoms with van der Waals surface area (Å²) in [7, 11) is 0.0487. The van der Waals surface area contributed by atoms with Gasteiger partial charge in [0.2, 0.25) is 0 Å². The molecule has 2 aromatic heterocycles. The van der Waals surface area contributed by atoms with Gasteiger partial charge in [0.05, 0.1) is 23.3 Å². The molecule has 0 saturated carbocycles. The first-order valence-corrected chi connectivity index (χ1v) is 10.8. The number of nitrogens with zero attached hydrogens (tertiary/aromatic N) is 3. The largest absolute Gasteiger partial charge is 0.496 e. The molecule has 4 aromatic rings. The van der Waals surface area contributed by atoms with E-state index in [4.69, 9.17) is 16.3 Å². The average molecular weight is 441 g/mol. The molecule has 0 amide bonds. The van der Waals surface area contributed by atoms with Crippen LogP contribution in [0.1, 0.15) is 5.56 Å². The lowest BCUT2D eigenvalue weighted by Crippen LogP contribution is -2.04. The Kier molecular flexibility index (Phi) is 5.45. The van der Waals surface area contributed by atoms with Gasteiger partial charge in [-0.3, -0.25) is 9.71 Å². The van der Waals surface area contributed by atoms with Crippen LogP contribution < -0.4 is 9.46 Å². The van der Waals surface area contributed by atoms with Gasteiger partial charge >= 0.3 is 0 Å². The summed E-state index contributed by atoms with van der Waals surface area (Å²) in [4.78, 5) is 9.09. The van der Waals surface area contributed by atoms with Crippen LogP contribution in [0.15, 0.2) is 59.1 Å². The highest BCUT2D eigenvalue weighted by molar-refractivity contribution is 7.86. The van der Waals surface area contributed by atoms with Crippen molar-refractivity contribution in [3.63, 3.8) is 0 Å². The number of thiazole rings is 1. The Bertz CT molecular complexity index is 1270. The average Bonchev–Trinajstić information content (AvgIpc) is 3.25. The van der Waals surface area contributed by atoms with E-state index in [1.54, 1.807) is 43.0 Å². The summed E-state index contributed by atoms with van der Waals surface area (Å²) in [5.74, 6) is 0.578. The quantitative estimate of drug-likeness (QED) is 0.470. The second-order valence-corrected chi connectivity index (χ2v) is 8.44. The van der Waals surface area contributed by atoms with E-state index in [1.807, 2.05) is 12.1 Å². The number of pyridine rings is 1. The molecule has 2 aromatic carbocycles. The first kappa shape index (κ1) is 19.3. The van der Waals surface area contributed by atoms with Gasteiger partial charge in [-0.1, -0.05) is 17.7 Å².